The third-order valence-electron chi connectivity index (χ3n) is 3.36. The van der Waals surface area contributed by atoms with Crippen LogP contribution in [0.4, 0.5) is 19.0 Å². The SMILES string of the molecule is CC(C)(C)OC(=O)C(O)C1OCCN(c2cccc(C(F)(F)F)n2)C1=O. The first-order valence-corrected chi connectivity index (χ1v) is 7.78. The quantitative estimate of drug-likeness (QED) is 0.805. The van der Waals surface area contributed by atoms with Crippen LogP contribution < -0.4 is 4.90 Å². The number of aliphatic hydroxyl groups excluding tert-OH is 1. The second kappa shape index (κ2) is 7.20. The zero-order valence-corrected chi connectivity index (χ0v) is 14.4. The van der Waals surface area contributed by atoms with Gasteiger partial charge in [0.2, 0.25) is 0 Å². The molecule has 1 amide bonds. The van der Waals surface area contributed by atoms with Gasteiger partial charge in [0.1, 0.15) is 17.1 Å². The van der Waals surface area contributed by atoms with Crippen LogP contribution in [0.25, 0.3) is 0 Å². The van der Waals surface area contributed by atoms with E-state index in [0.29, 0.717) is 0 Å². The van der Waals surface area contributed by atoms with E-state index in [1.807, 2.05) is 0 Å². The van der Waals surface area contributed by atoms with Gasteiger partial charge in [-0.1, -0.05) is 6.07 Å². The Morgan fingerprint density at radius 3 is 2.62 bits per heavy atom. The predicted molar refractivity (Wildman–Crippen MR) is 83.2 cm³/mol. The van der Waals surface area contributed by atoms with Crippen LogP contribution >= 0.6 is 0 Å². The smallest absolute Gasteiger partial charge is 0.433 e. The summed E-state index contributed by atoms with van der Waals surface area (Å²) in [7, 11) is 0. The highest BCUT2D eigenvalue weighted by Gasteiger charge is 2.42. The summed E-state index contributed by atoms with van der Waals surface area (Å²) in [5.74, 6) is -2.18. The van der Waals surface area contributed by atoms with E-state index in [-0.39, 0.29) is 19.0 Å². The average Bonchev–Trinajstić information content (AvgIpc) is 2.52. The van der Waals surface area contributed by atoms with Crippen molar-refractivity contribution in [3.8, 4) is 0 Å². The maximum atomic E-state index is 12.8. The number of ether oxygens (including phenoxy) is 2. The summed E-state index contributed by atoms with van der Waals surface area (Å²) in [5.41, 5.74) is -2.04. The first-order valence-electron chi connectivity index (χ1n) is 7.78. The minimum atomic E-state index is -4.67. The standard InChI is InChI=1S/C16H19F3N2O5/c1-15(2,3)26-14(24)11(22)12-13(23)21(7-8-25-12)10-6-4-5-9(20-10)16(17,18)19/h4-6,11-12,22H,7-8H2,1-3H3. The van der Waals surface area contributed by atoms with Crippen molar-refractivity contribution >= 4 is 17.7 Å². The number of halogens is 3. The molecule has 0 spiro atoms. The molecule has 0 bridgehead atoms. The van der Waals surface area contributed by atoms with E-state index in [0.717, 1.165) is 17.0 Å². The minimum absolute atomic E-state index is 0.0648. The molecule has 2 atom stereocenters. The lowest BCUT2D eigenvalue weighted by molar-refractivity contribution is -0.177. The molecule has 2 unspecified atom stereocenters. The van der Waals surface area contributed by atoms with E-state index >= 15 is 0 Å². The third-order valence-corrected chi connectivity index (χ3v) is 3.36. The van der Waals surface area contributed by atoms with Gasteiger partial charge in [-0.15, -0.1) is 0 Å². The van der Waals surface area contributed by atoms with Crippen LogP contribution in [0.3, 0.4) is 0 Å². The molecule has 10 heteroatoms. The highest BCUT2D eigenvalue weighted by Crippen LogP contribution is 2.29. The first-order chi connectivity index (χ1) is 11.9. The van der Waals surface area contributed by atoms with Crippen molar-refractivity contribution in [3.63, 3.8) is 0 Å². The molecule has 1 aromatic rings. The number of esters is 1. The van der Waals surface area contributed by atoms with Crippen LogP contribution in [-0.2, 0) is 25.2 Å². The van der Waals surface area contributed by atoms with Gasteiger partial charge < -0.3 is 14.6 Å². The van der Waals surface area contributed by atoms with Crippen molar-refractivity contribution in [1.29, 1.82) is 0 Å². The number of rotatable bonds is 3. The molecule has 1 aromatic heterocycles. The Morgan fingerprint density at radius 1 is 1.38 bits per heavy atom. The Balaban J connectivity index is 2.21. The molecule has 2 rings (SSSR count). The van der Waals surface area contributed by atoms with Gasteiger partial charge in [0, 0.05) is 0 Å². The molecule has 1 saturated heterocycles. The lowest BCUT2D eigenvalue weighted by Gasteiger charge is -2.34. The number of hydrogen-bond donors (Lipinski definition) is 1. The van der Waals surface area contributed by atoms with Crippen LogP contribution in [-0.4, -0.2) is 52.9 Å². The van der Waals surface area contributed by atoms with Gasteiger partial charge in [-0.2, -0.15) is 13.2 Å². The van der Waals surface area contributed by atoms with Gasteiger partial charge in [-0.05, 0) is 32.9 Å². The Morgan fingerprint density at radius 2 is 2.04 bits per heavy atom. The summed E-state index contributed by atoms with van der Waals surface area (Å²) >= 11 is 0. The fraction of sp³-hybridized carbons (Fsp3) is 0.562. The van der Waals surface area contributed by atoms with Crippen molar-refractivity contribution in [1.82, 2.24) is 4.98 Å². The normalized spacial score (nSPS) is 20.0. The number of hydrogen-bond acceptors (Lipinski definition) is 6. The molecule has 1 aliphatic rings. The van der Waals surface area contributed by atoms with E-state index in [2.05, 4.69) is 4.98 Å². The van der Waals surface area contributed by atoms with Crippen molar-refractivity contribution in [3.05, 3.63) is 23.9 Å². The zero-order valence-electron chi connectivity index (χ0n) is 14.4. The van der Waals surface area contributed by atoms with E-state index < -0.39 is 41.6 Å². The molecule has 0 saturated carbocycles. The molecular formula is C16H19F3N2O5. The number of carbonyl (C=O) groups excluding carboxylic acids is 2. The predicted octanol–water partition coefficient (Wildman–Crippen LogP) is 1.53. The maximum Gasteiger partial charge on any atom is 0.433 e. The second-order valence-electron chi connectivity index (χ2n) is 6.64. The van der Waals surface area contributed by atoms with Crippen molar-refractivity contribution < 1.29 is 37.3 Å². The summed E-state index contributed by atoms with van der Waals surface area (Å²) in [6.45, 7) is 4.60. The summed E-state index contributed by atoms with van der Waals surface area (Å²) in [6, 6.07) is 3.13. The van der Waals surface area contributed by atoms with Crippen LogP contribution in [0.1, 0.15) is 26.5 Å². The number of carbonyl (C=O) groups is 2. The second-order valence-corrected chi connectivity index (χ2v) is 6.64. The van der Waals surface area contributed by atoms with Gasteiger partial charge in [-0.3, -0.25) is 9.69 Å². The van der Waals surface area contributed by atoms with Gasteiger partial charge in [-0.25, -0.2) is 9.78 Å². The van der Waals surface area contributed by atoms with Gasteiger partial charge in [0.15, 0.2) is 12.2 Å². The Bertz CT molecular complexity index is 687. The number of anilines is 1. The minimum Gasteiger partial charge on any atom is -0.458 e. The lowest BCUT2D eigenvalue weighted by atomic mass is 10.1. The molecule has 1 N–H and O–H groups in total. The van der Waals surface area contributed by atoms with Gasteiger partial charge in [0.25, 0.3) is 5.91 Å². The largest absolute Gasteiger partial charge is 0.458 e. The molecule has 0 aliphatic carbocycles. The first kappa shape index (κ1) is 20.1. The number of aliphatic hydroxyl groups is 1. The molecule has 0 radical (unpaired) electrons. The number of morpholine rings is 1. The highest BCUT2D eigenvalue weighted by atomic mass is 19.4. The van der Waals surface area contributed by atoms with Crippen molar-refractivity contribution in [2.45, 2.75) is 44.8 Å². The van der Waals surface area contributed by atoms with E-state index in [9.17, 15) is 27.9 Å². The molecule has 1 aliphatic heterocycles. The number of amides is 1. The molecular weight excluding hydrogens is 357 g/mol. The third kappa shape index (κ3) is 4.70. The van der Waals surface area contributed by atoms with Gasteiger partial charge >= 0.3 is 12.1 Å². The zero-order chi connectivity index (χ0) is 19.7. The van der Waals surface area contributed by atoms with Crippen molar-refractivity contribution in [2.75, 3.05) is 18.1 Å². The van der Waals surface area contributed by atoms with E-state index in [1.54, 1.807) is 20.8 Å². The highest BCUT2D eigenvalue weighted by molar-refractivity contribution is 5.99. The fourth-order valence-corrected chi connectivity index (χ4v) is 2.28. The van der Waals surface area contributed by atoms with Crippen LogP contribution in [0.5, 0.6) is 0 Å². The monoisotopic (exact) mass is 376 g/mol. The van der Waals surface area contributed by atoms with Crippen LogP contribution in [0.2, 0.25) is 0 Å². The lowest BCUT2D eigenvalue weighted by Crippen LogP contribution is -2.55. The molecule has 0 aromatic carbocycles. The van der Waals surface area contributed by atoms with E-state index in [1.165, 1.54) is 6.07 Å². The van der Waals surface area contributed by atoms with E-state index in [4.69, 9.17) is 9.47 Å². The number of pyridine rings is 1. The fourth-order valence-electron chi connectivity index (χ4n) is 2.28. The molecule has 7 nitrogen and oxygen atoms in total. The molecule has 1 fully saturated rings. The summed E-state index contributed by atoms with van der Waals surface area (Å²) < 4.78 is 48.6. The molecule has 2 heterocycles. The topological polar surface area (TPSA) is 89.0 Å². The molecule has 26 heavy (non-hydrogen) atoms. The van der Waals surface area contributed by atoms with Gasteiger partial charge in [0.05, 0.1) is 13.2 Å². The summed E-state index contributed by atoms with van der Waals surface area (Å²) in [4.78, 5) is 28.8. The number of aromatic nitrogens is 1. The summed E-state index contributed by atoms with van der Waals surface area (Å²) in [6.07, 6.45) is -8.16. The Hall–Kier alpha value is -2.20. The van der Waals surface area contributed by atoms with Crippen LogP contribution in [0, 0.1) is 0 Å². The number of alkyl halides is 3. The Kier molecular flexibility index (Phi) is 5.57. The Labute approximate surface area is 147 Å². The van der Waals surface area contributed by atoms with Crippen LogP contribution in [0.15, 0.2) is 18.2 Å². The maximum absolute atomic E-state index is 12.8. The molecule has 144 valence electrons. The van der Waals surface area contributed by atoms with Crippen molar-refractivity contribution in [2.24, 2.45) is 0 Å². The average molecular weight is 376 g/mol. The number of nitrogens with zero attached hydrogens (tertiary/aromatic N) is 2. The summed E-state index contributed by atoms with van der Waals surface area (Å²) in [5, 5.41) is 10.1.